The second kappa shape index (κ2) is 8.01. The topological polar surface area (TPSA) is 3.24 Å². The van der Waals surface area contributed by atoms with Crippen molar-refractivity contribution in [1.82, 2.24) is 4.90 Å². The van der Waals surface area contributed by atoms with Crippen molar-refractivity contribution in [3.05, 3.63) is 23.8 Å². The van der Waals surface area contributed by atoms with Crippen LogP contribution in [0.25, 0.3) is 0 Å². The van der Waals surface area contributed by atoms with Gasteiger partial charge in [-0.1, -0.05) is 56.9 Å². The molecule has 0 N–H and O–H groups in total. The van der Waals surface area contributed by atoms with Gasteiger partial charge < -0.3 is 0 Å². The molecule has 2 fully saturated rings. The average Bonchev–Trinajstić information content (AvgIpc) is 2.75. The number of piperidine rings is 1. The predicted octanol–water partition coefficient (Wildman–Crippen LogP) is 5.97. The van der Waals surface area contributed by atoms with Gasteiger partial charge in [-0.25, -0.2) is 0 Å². The van der Waals surface area contributed by atoms with Gasteiger partial charge in [0.15, 0.2) is 0 Å². The summed E-state index contributed by atoms with van der Waals surface area (Å²) in [5, 5.41) is 0. The second-order valence-electron chi connectivity index (χ2n) is 8.71. The largest absolute Gasteiger partial charge is 0.297 e. The number of unbranched alkanes of at least 4 members (excludes halogenated alkanes) is 1. The zero-order chi connectivity index (χ0) is 16.2. The van der Waals surface area contributed by atoms with E-state index in [9.17, 15) is 0 Å². The van der Waals surface area contributed by atoms with E-state index in [-0.39, 0.29) is 0 Å². The minimum atomic E-state index is 0.787. The van der Waals surface area contributed by atoms with Crippen molar-refractivity contribution < 1.29 is 0 Å². The second-order valence-corrected chi connectivity index (χ2v) is 8.71. The van der Waals surface area contributed by atoms with E-state index in [1.54, 1.807) is 0 Å². The summed E-state index contributed by atoms with van der Waals surface area (Å²) in [4.78, 5) is 2.92. The van der Waals surface area contributed by atoms with Crippen LogP contribution in [0.5, 0.6) is 0 Å². The van der Waals surface area contributed by atoms with Gasteiger partial charge in [-0.05, 0) is 63.2 Å². The van der Waals surface area contributed by atoms with Crippen molar-refractivity contribution in [2.24, 2.45) is 17.8 Å². The number of hydrogen-bond donors (Lipinski definition) is 0. The Morgan fingerprint density at radius 1 is 1.22 bits per heavy atom. The number of allylic oxidation sites excluding steroid dienone is 4. The third-order valence-electron chi connectivity index (χ3n) is 6.49. The van der Waals surface area contributed by atoms with Gasteiger partial charge in [-0.2, -0.15) is 0 Å². The summed E-state index contributed by atoms with van der Waals surface area (Å²) in [6.45, 7) is 8.42. The van der Waals surface area contributed by atoms with Crippen molar-refractivity contribution in [1.29, 1.82) is 0 Å². The third-order valence-corrected chi connectivity index (χ3v) is 6.49. The molecule has 1 aliphatic carbocycles. The number of fused-ring (bicyclic) bond motifs is 2. The van der Waals surface area contributed by atoms with Gasteiger partial charge in [0, 0.05) is 18.6 Å². The summed E-state index contributed by atoms with van der Waals surface area (Å²) < 4.78 is 0. The Morgan fingerprint density at radius 3 is 2.61 bits per heavy atom. The van der Waals surface area contributed by atoms with Crippen LogP contribution in [0.4, 0.5) is 0 Å². The fraction of sp³-hybridized carbons (Fsp3) is 0.818. The van der Waals surface area contributed by atoms with Gasteiger partial charge in [0.05, 0.1) is 0 Å². The fourth-order valence-corrected chi connectivity index (χ4v) is 5.45. The van der Waals surface area contributed by atoms with Gasteiger partial charge in [0.2, 0.25) is 0 Å². The predicted molar refractivity (Wildman–Crippen MR) is 101 cm³/mol. The molecule has 0 saturated carbocycles. The number of nitrogens with zero attached hydrogens (tertiary/aromatic N) is 1. The molecule has 2 bridgehead atoms. The average molecular weight is 316 g/mol. The summed E-state index contributed by atoms with van der Waals surface area (Å²) in [6, 6.07) is 1.84. The van der Waals surface area contributed by atoms with E-state index < -0.39 is 0 Å². The lowest BCUT2D eigenvalue weighted by Crippen LogP contribution is -2.45. The molecule has 4 atom stereocenters. The monoisotopic (exact) mass is 315 g/mol. The zero-order valence-electron chi connectivity index (χ0n) is 15.6. The Labute approximate surface area is 144 Å². The molecule has 0 aromatic rings. The van der Waals surface area contributed by atoms with Crippen molar-refractivity contribution in [3.63, 3.8) is 0 Å². The zero-order valence-corrected chi connectivity index (χ0v) is 15.6. The van der Waals surface area contributed by atoms with E-state index >= 15 is 0 Å². The van der Waals surface area contributed by atoms with Crippen LogP contribution < -0.4 is 0 Å². The molecule has 2 saturated heterocycles. The van der Waals surface area contributed by atoms with Gasteiger partial charge in [-0.15, -0.1) is 0 Å². The summed E-state index contributed by atoms with van der Waals surface area (Å²) in [7, 11) is 0. The van der Waals surface area contributed by atoms with E-state index in [0.717, 1.165) is 29.8 Å². The van der Waals surface area contributed by atoms with Crippen LogP contribution in [-0.4, -0.2) is 23.5 Å². The van der Waals surface area contributed by atoms with Crippen molar-refractivity contribution in [2.45, 2.75) is 90.6 Å². The van der Waals surface area contributed by atoms with Crippen LogP contribution in [0.1, 0.15) is 78.6 Å². The molecule has 0 amide bonds. The first kappa shape index (κ1) is 17.3. The van der Waals surface area contributed by atoms with Crippen LogP contribution in [-0.2, 0) is 0 Å². The Balaban J connectivity index is 1.48. The summed E-state index contributed by atoms with van der Waals surface area (Å²) in [5.41, 5.74) is 1.46. The molecule has 2 heterocycles. The normalized spacial score (nSPS) is 35.3. The standard InChI is InChI=1S/C22H37N/c1-4-5-8-20-14-21-10-11-22(15-20)23(21)16-18(3)13-19-9-6-7-17(2)12-19/h6-7,12,18-22H,4-5,8-11,13-16H2,1-3H3/t18?,19-,20?,21?,22?/m0/s1. The first-order valence-corrected chi connectivity index (χ1v) is 10.3. The summed E-state index contributed by atoms with van der Waals surface area (Å²) in [6.07, 6.45) is 20.0. The lowest BCUT2D eigenvalue weighted by molar-refractivity contribution is 0.0815. The maximum Gasteiger partial charge on any atom is 0.0101 e. The first-order chi connectivity index (χ1) is 11.2. The fourth-order valence-electron chi connectivity index (χ4n) is 5.45. The molecule has 3 unspecified atom stereocenters. The summed E-state index contributed by atoms with van der Waals surface area (Å²) in [5.74, 6) is 2.66. The molecule has 0 aromatic heterocycles. The molecule has 0 radical (unpaired) electrons. The highest BCUT2D eigenvalue weighted by Gasteiger charge is 2.40. The van der Waals surface area contributed by atoms with E-state index in [1.807, 2.05) is 0 Å². The van der Waals surface area contributed by atoms with Gasteiger partial charge >= 0.3 is 0 Å². The van der Waals surface area contributed by atoms with E-state index in [0.29, 0.717) is 0 Å². The molecule has 1 heteroatoms. The van der Waals surface area contributed by atoms with Crippen LogP contribution in [0.2, 0.25) is 0 Å². The Morgan fingerprint density at radius 2 is 1.96 bits per heavy atom. The van der Waals surface area contributed by atoms with Crippen LogP contribution >= 0.6 is 0 Å². The highest BCUT2D eigenvalue weighted by atomic mass is 15.2. The summed E-state index contributed by atoms with van der Waals surface area (Å²) >= 11 is 0. The van der Waals surface area contributed by atoms with E-state index in [1.165, 1.54) is 69.9 Å². The lowest BCUT2D eigenvalue weighted by atomic mass is 9.85. The highest BCUT2D eigenvalue weighted by molar-refractivity contribution is 5.21. The van der Waals surface area contributed by atoms with E-state index in [4.69, 9.17) is 0 Å². The molecule has 23 heavy (non-hydrogen) atoms. The number of rotatable bonds is 7. The Bertz CT molecular complexity index is 421. The quantitative estimate of drug-likeness (QED) is 0.559. The van der Waals surface area contributed by atoms with Crippen molar-refractivity contribution in [2.75, 3.05) is 6.54 Å². The molecule has 0 spiro atoms. The van der Waals surface area contributed by atoms with Gasteiger partial charge in [0.1, 0.15) is 0 Å². The minimum absolute atomic E-state index is 0.787. The maximum atomic E-state index is 2.92. The van der Waals surface area contributed by atoms with Crippen LogP contribution in [0.3, 0.4) is 0 Å². The molecule has 3 rings (SSSR count). The van der Waals surface area contributed by atoms with Crippen molar-refractivity contribution >= 4 is 0 Å². The maximum absolute atomic E-state index is 2.92. The molecule has 2 aliphatic heterocycles. The molecule has 3 aliphatic rings. The minimum Gasteiger partial charge on any atom is -0.297 e. The number of hydrogen-bond acceptors (Lipinski definition) is 1. The Hall–Kier alpha value is -0.560. The van der Waals surface area contributed by atoms with Crippen molar-refractivity contribution in [3.8, 4) is 0 Å². The highest BCUT2D eigenvalue weighted by Crippen LogP contribution is 2.41. The van der Waals surface area contributed by atoms with Crippen LogP contribution in [0, 0.1) is 17.8 Å². The van der Waals surface area contributed by atoms with Crippen LogP contribution in [0.15, 0.2) is 23.8 Å². The molecular weight excluding hydrogens is 278 g/mol. The third kappa shape index (κ3) is 4.50. The Kier molecular flexibility index (Phi) is 6.01. The smallest absolute Gasteiger partial charge is 0.0101 e. The van der Waals surface area contributed by atoms with Gasteiger partial charge in [-0.3, -0.25) is 4.90 Å². The molecule has 1 nitrogen and oxygen atoms in total. The van der Waals surface area contributed by atoms with Gasteiger partial charge in [0.25, 0.3) is 0 Å². The first-order valence-electron chi connectivity index (χ1n) is 10.3. The SMILES string of the molecule is CCCCC1CC2CCC(C1)N2CC(C)C[C@@H]1C=C(C)C=CC1. The molecule has 0 aromatic carbocycles. The lowest BCUT2D eigenvalue weighted by Gasteiger charge is -2.40. The molecular formula is C22H37N. The van der Waals surface area contributed by atoms with E-state index in [2.05, 4.69) is 43.9 Å². The molecule has 130 valence electrons.